The van der Waals surface area contributed by atoms with Gasteiger partial charge in [-0.1, -0.05) is 40.9 Å². The van der Waals surface area contributed by atoms with Crippen molar-refractivity contribution in [3.8, 4) is 5.75 Å². The van der Waals surface area contributed by atoms with Gasteiger partial charge in [-0.2, -0.15) is 0 Å². The summed E-state index contributed by atoms with van der Waals surface area (Å²) in [6.45, 7) is -0.296. The number of aromatic hydroxyl groups is 1. The van der Waals surface area contributed by atoms with Gasteiger partial charge in [0.25, 0.3) is 11.1 Å². The summed E-state index contributed by atoms with van der Waals surface area (Å²) < 4.78 is 13.9. The topological polar surface area (TPSA) is 57.6 Å². The first-order valence-corrected chi connectivity index (χ1v) is 9.09. The molecular weight excluding hydrogens is 424 g/mol. The Kier molecular flexibility index (Phi) is 5.48. The molecule has 4 nitrogen and oxygen atoms in total. The van der Waals surface area contributed by atoms with Crippen LogP contribution in [0.2, 0.25) is 15.1 Å². The van der Waals surface area contributed by atoms with Crippen LogP contribution in [0.1, 0.15) is 11.1 Å². The number of phenols is 1. The average Bonchev–Trinajstić information content (AvgIpc) is 2.82. The molecule has 0 aromatic heterocycles. The maximum absolute atomic E-state index is 13.9. The van der Waals surface area contributed by atoms with Crippen LogP contribution in [0, 0.1) is 5.82 Å². The summed E-state index contributed by atoms with van der Waals surface area (Å²) in [4.78, 5) is 25.6. The maximum Gasteiger partial charge on any atom is 0.293 e. The van der Waals surface area contributed by atoms with Crippen molar-refractivity contribution in [2.75, 3.05) is 0 Å². The Labute approximate surface area is 167 Å². The number of phenolic OH excluding ortho intramolecular Hbond substituents is 1. The number of thioether (sulfide) groups is 1. The van der Waals surface area contributed by atoms with E-state index in [9.17, 15) is 19.1 Å². The summed E-state index contributed by atoms with van der Waals surface area (Å²) in [5.74, 6) is -1.50. The molecule has 0 spiro atoms. The molecule has 1 fully saturated rings. The van der Waals surface area contributed by atoms with E-state index in [1.165, 1.54) is 36.4 Å². The molecule has 134 valence electrons. The highest BCUT2D eigenvalue weighted by atomic mass is 35.5. The smallest absolute Gasteiger partial charge is 0.293 e. The number of halogens is 4. The number of imide groups is 1. The van der Waals surface area contributed by atoms with Crippen LogP contribution in [0.3, 0.4) is 0 Å². The monoisotopic (exact) mass is 431 g/mol. The highest BCUT2D eigenvalue weighted by Gasteiger charge is 2.36. The minimum atomic E-state index is -0.630. The second-order valence-corrected chi connectivity index (χ2v) is 7.54. The molecule has 3 rings (SSSR count). The molecule has 1 aliphatic heterocycles. The first-order valence-electron chi connectivity index (χ1n) is 7.14. The normalized spacial score (nSPS) is 16.0. The highest BCUT2D eigenvalue weighted by Crippen LogP contribution is 2.38. The van der Waals surface area contributed by atoms with Crippen LogP contribution in [0.5, 0.6) is 5.75 Å². The molecule has 26 heavy (non-hydrogen) atoms. The van der Waals surface area contributed by atoms with E-state index in [2.05, 4.69) is 0 Å². The van der Waals surface area contributed by atoms with Crippen molar-refractivity contribution < 1.29 is 19.1 Å². The summed E-state index contributed by atoms with van der Waals surface area (Å²) >= 11 is 18.4. The first kappa shape index (κ1) is 19.0. The molecule has 0 unspecified atom stereocenters. The molecule has 1 heterocycles. The summed E-state index contributed by atoms with van der Waals surface area (Å²) in [6, 6.07) is 6.86. The number of carbonyl (C=O) groups is 2. The largest absolute Gasteiger partial charge is 0.506 e. The predicted molar refractivity (Wildman–Crippen MR) is 101 cm³/mol. The summed E-state index contributed by atoms with van der Waals surface area (Å²) in [5.41, 5.74) is 0.239. The van der Waals surface area contributed by atoms with Crippen molar-refractivity contribution in [3.05, 3.63) is 67.2 Å². The van der Waals surface area contributed by atoms with Gasteiger partial charge in [-0.05, 0) is 42.1 Å². The molecule has 0 saturated carbocycles. The van der Waals surface area contributed by atoms with Gasteiger partial charge in [0.05, 0.1) is 16.5 Å². The van der Waals surface area contributed by atoms with E-state index >= 15 is 0 Å². The number of hydrogen-bond acceptors (Lipinski definition) is 4. The van der Waals surface area contributed by atoms with Crippen LogP contribution in [0.15, 0.2) is 35.2 Å². The molecule has 0 atom stereocenters. The second-order valence-electron chi connectivity index (χ2n) is 5.29. The van der Waals surface area contributed by atoms with Crippen molar-refractivity contribution in [2.45, 2.75) is 6.54 Å². The third-order valence-electron chi connectivity index (χ3n) is 3.60. The van der Waals surface area contributed by atoms with Gasteiger partial charge in [-0.25, -0.2) is 4.39 Å². The minimum absolute atomic E-state index is 0.0149. The molecule has 2 amide bonds. The average molecular weight is 433 g/mol. The molecule has 0 aliphatic carbocycles. The molecule has 0 radical (unpaired) electrons. The van der Waals surface area contributed by atoms with E-state index in [1.54, 1.807) is 0 Å². The van der Waals surface area contributed by atoms with Crippen molar-refractivity contribution in [1.29, 1.82) is 0 Å². The van der Waals surface area contributed by atoms with E-state index in [-0.39, 0.29) is 43.4 Å². The lowest BCUT2D eigenvalue weighted by molar-refractivity contribution is -0.123. The van der Waals surface area contributed by atoms with Gasteiger partial charge >= 0.3 is 0 Å². The van der Waals surface area contributed by atoms with Crippen LogP contribution in [-0.2, 0) is 11.3 Å². The third kappa shape index (κ3) is 3.69. The first-order chi connectivity index (χ1) is 12.3. The number of rotatable bonds is 3. The zero-order chi connectivity index (χ0) is 19.0. The molecule has 1 N–H and O–H groups in total. The van der Waals surface area contributed by atoms with Gasteiger partial charge in [0.15, 0.2) is 0 Å². The zero-order valence-corrected chi connectivity index (χ0v) is 15.9. The van der Waals surface area contributed by atoms with Crippen LogP contribution >= 0.6 is 46.6 Å². The SMILES string of the molecule is O=C1S/C(=C\c2cc(Cl)cc(Cl)c2O)C(=O)N1Cc1c(F)cccc1Cl. The van der Waals surface area contributed by atoms with Crippen molar-refractivity contribution in [1.82, 2.24) is 4.90 Å². The lowest BCUT2D eigenvalue weighted by Gasteiger charge is -2.14. The molecule has 2 aromatic rings. The fourth-order valence-corrected chi connectivity index (χ4v) is 3.88. The summed E-state index contributed by atoms with van der Waals surface area (Å²) in [5, 5.41) is 9.80. The van der Waals surface area contributed by atoms with E-state index in [0.29, 0.717) is 11.8 Å². The summed E-state index contributed by atoms with van der Waals surface area (Å²) in [7, 11) is 0. The third-order valence-corrected chi connectivity index (χ3v) is 5.36. The van der Waals surface area contributed by atoms with Gasteiger partial charge < -0.3 is 5.11 Å². The van der Waals surface area contributed by atoms with Gasteiger partial charge in [0, 0.05) is 21.2 Å². The van der Waals surface area contributed by atoms with Gasteiger partial charge in [-0.3, -0.25) is 14.5 Å². The van der Waals surface area contributed by atoms with Crippen molar-refractivity contribution in [2.24, 2.45) is 0 Å². The van der Waals surface area contributed by atoms with Crippen molar-refractivity contribution in [3.63, 3.8) is 0 Å². The van der Waals surface area contributed by atoms with E-state index < -0.39 is 17.0 Å². The Bertz CT molecular complexity index is 944. The number of hydrogen-bond donors (Lipinski definition) is 1. The van der Waals surface area contributed by atoms with Crippen LogP contribution in [-0.4, -0.2) is 21.2 Å². The molecule has 1 saturated heterocycles. The lowest BCUT2D eigenvalue weighted by atomic mass is 10.1. The number of amides is 2. The molecular formula is C17H9Cl3FNO3S. The molecule has 2 aromatic carbocycles. The minimum Gasteiger partial charge on any atom is -0.506 e. The standard InChI is InChI=1S/C17H9Cl3FNO3S/c18-9-4-8(15(23)12(20)6-9)5-14-16(24)22(17(25)26-14)7-10-11(19)2-1-3-13(10)21/h1-6,23H,7H2/b14-5-. The Morgan fingerprint density at radius 2 is 1.88 bits per heavy atom. The predicted octanol–water partition coefficient (Wildman–Crippen LogP) is 5.73. The van der Waals surface area contributed by atoms with E-state index in [1.807, 2.05) is 0 Å². The summed E-state index contributed by atoms with van der Waals surface area (Å²) in [6.07, 6.45) is 1.31. The van der Waals surface area contributed by atoms with Crippen molar-refractivity contribution >= 4 is 63.8 Å². The van der Waals surface area contributed by atoms with E-state index in [0.717, 1.165) is 4.90 Å². The molecule has 0 bridgehead atoms. The number of benzene rings is 2. The Morgan fingerprint density at radius 1 is 1.15 bits per heavy atom. The van der Waals surface area contributed by atoms with Crippen LogP contribution in [0.25, 0.3) is 6.08 Å². The van der Waals surface area contributed by atoms with Gasteiger partial charge in [0.1, 0.15) is 11.6 Å². The van der Waals surface area contributed by atoms with Crippen LogP contribution in [0.4, 0.5) is 9.18 Å². The Balaban J connectivity index is 1.92. The maximum atomic E-state index is 13.9. The Hall–Kier alpha value is -1.73. The molecule has 1 aliphatic rings. The number of nitrogens with zero attached hydrogens (tertiary/aromatic N) is 1. The number of carbonyl (C=O) groups excluding carboxylic acids is 2. The van der Waals surface area contributed by atoms with Crippen LogP contribution < -0.4 is 0 Å². The Morgan fingerprint density at radius 3 is 2.58 bits per heavy atom. The second kappa shape index (κ2) is 7.48. The quantitative estimate of drug-likeness (QED) is 0.629. The highest BCUT2D eigenvalue weighted by molar-refractivity contribution is 8.18. The van der Waals surface area contributed by atoms with E-state index in [4.69, 9.17) is 34.8 Å². The molecule has 9 heteroatoms. The fraction of sp³-hybridized carbons (Fsp3) is 0.0588. The van der Waals surface area contributed by atoms with Gasteiger partial charge in [-0.15, -0.1) is 0 Å². The van der Waals surface area contributed by atoms with Gasteiger partial charge in [0.2, 0.25) is 0 Å². The fourth-order valence-electron chi connectivity index (χ4n) is 2.31. The zero-order valence-electron chi connectivity index (χ0n) is 12.8. The lowest BCUT2D eigenvalue weighted by Crippen LogP contribution is -2.28.